The Morgan fingerprint density at radius 3 is 2.47 bits per heavy atom. The zero-order valence-corrected chi connectivity index (χ0v) is 12.7. The van der Waals surface area contributed by atoms with Crippen LogP contribution in [0, 0.1) is 13.8 Å². The number of aromatic nitrogens is 3. The van der Waals surface area contributed by atoms with Gasteiger partial charge in [0.25, 0.3) is 0 Å². The smallest absolute Gasteiger partial charge is 0.148 e. The van der Waals surface area contributed by atoms with Gasteiger partial charge in [-0.25, -0.2) is 0 Å². The first-order chi connectivity index (χ1) is 9.02. The molecule has 0 amide bonds. The molecule has 0 radical (unpaired) electrons. The van der Waals surface area contributed by atoms with E-state index in [2.05, 4.69) is 60.7 Å². The van der Waals surface area contributed by atoms with Crippen molar-refractivity contribution in [3.8, 4) is 0 Å². The van der Waals surface area contributed by atoms with Gasteiger partial charge >= 0.3 is 0 Å². The molecule has 1 heterocycles. The van der Waals surface area contributed by atoms with E-state index in [0.717, 1.165) is 18.1 Å². The van der Waals surface area contributed by atoms with Crippen LogP contribution in [0.2, 0.25) is 0 Å². The lowest BCUT2D eigenvalue weighted by Gasteiger charge is -2.14. The average molecular weight is 278 g/mol. The van der Waals surface area contributed by atoms with Gasteiger partial charge in [0.15, 0.2) is 0 Å². The molecule has 0 aliphatic carbocycles. The van der Waals surface area contributed by atoms with Gasteiger partial charge in [-0.3, -0.25) is 0 Å². The predicted octanol–water partition coefficient (Wildman–Crippen LogP) is 3.81. The maximum Gasteiger partial charge on any atom is 0.148 e. The summed E-state index contributed by atoms with van der Waals surface area (Å²) in [7, 11) is 0. The number of alkyl halides is 1. The number of benzene rings is 1. The lowest BCUT2D eigenvalue weighted by Crippen LogP contribution is -2.10. The summed E-state index contributed by atoms with van der Waals surface area (Å²) in [4.78, 5) is 0. The zero-order valence-electron chi connectivity index (χ0n) is 11.9. The highest BCUT2D eigenvalue weighted by molar-refractivity contribution is 6.16. The maximum atomic E-state index is 5.93. The molecule has 1 aromatic heterocycles. The van der Waals surface area contributed by atoms with Crippen molar-refractivity contribution >= 4 is 11.6 Å². The molecule has 0 bridgehead atoms. The summed E-state index contributed by atoms with van der Waals surface area (Å²) in [6.45, 7) is 8.51. The third-order valence-electron chi connectivity index (χ3n) is 3.33. The second-order valence-electron chi connectivity index (χ2n) is 5.24. The van der Waals surface area contributed by atoms with E-state index < -0.39 is 0 Å². The normalized spacial score (nSPS) is 11.3. The Labute approximate surface area is 119 Å². The fourth-order valence-electron chi connectivity index (χ4n) is 2.33. The van der Waals surface area contributed by atoms with Crippen molar-refractivity contribution in [3.63, 3.8) is 0 Å². The molecule has 1 aromatic carbocycles. The summed E-state index contributed by atoms with van der Waals surface area (Å²) in [5, 5.41) is 8.49. The minimum absolute atomic E-state index is 0.323. The van der Waals surface area contributed by atoms with E-state index in [1.807, 2.05) is 0 Å². The van der Waals surface area contributed by atoms with Gasteiger partial charge in [0.05, 0.1) is 5.88 Å². The van der Waals surface area contributed by atoms with Gasteiger partial charge in [-0.05, 0) is 38.8 Å². The molecular weight excluding hydrogens is 258 g/mol. The first-order valence-electron chi connectivity index (χ1n) is 6.57. The Kier molecular flexibility index (Phi) is 4.25. The van der Waals surface area contributed by atoms with Crippen LogP contribution in [0.3, 0.4) is 0 Å². The van der Waals surface area contributed by atoms with Gasteiger partial charge in [0.2, 0.25) is 0 Å². The molecule has 19 heavy (non-hydrogen) atoms. The Bertz CT molecular complexity index is 573. The largest absolute Gasteiger partial charge is 0.311 e. The molecule has 0 fully saturated rings. The molecule has 0 atom stereocenters. The van der Waals surface area contributed by atoms with Crippen molar-refractivity contribution < 1.29 is 0 Å². The van der Waals surface area contributed by atoms with Crippen molar-refractivity contribution in [2.45, 2.75) is 46.0 Å². The van der Waals surface area contributed by atoms with Crippen LogP contribution in [0.4, 0.5) is 0 Å². The predicted molar refractivity (Wildman–Crippen MR) is 78.7 cm³/mol. The molecule has 0 spiro atoms. The van der Waals surface area contributed by atoms with E-state index in [1.54, 1.807) is 0 Å². The van der Waals surface area contributed by atoms with Crippen molar-refractivity contribution in [2.24, 2.45) is 0 Å². The van der Waals surface area contributed by atoms with E-state index in [-0.39, 0.29) is 0 Å². The van der Waals surface area contributed by atoms with Crippen LogP contribution in [-0.4, -0.2) is 14.8 Å². The minimum atomic E-state index is 0.323. The standard InChI is InChI=1S/C15H20ClN3/c1-10(2)19-14(17-18-15(19)9-16)8-13-7-11(3)5-6-12(13)4/h5-7,10H,8-9H2,1-4H3. The van der Waals surface area contributed by atoms with Gasteiger partial charge in [-0.15, -0.1) is 21.8 Å². The number of hydrogen-bond acceptors (Lipinski definition) is 2. The Morgan fingerprint density at radius 1 is 1.16 bits per heavy atom. The molecular formula is C15H20ClN3. The van der Waals surface area contributed by atoms with Crippen molar-refractivity contribution in [3.05, 3.63) is 46.5 Å². The number of nitrogens with zero attached hydrogens (tertiary/aromatic N) is 3. The van der Waals surface area contributed by atoms with Crippen LogP contribution in [0.25, 0.3) is 0 Å². The minimum Gasteiger partial charge on any atom is -0.311 e. The molecule has 2 rings (SSSR count). The molecule has 3 nitrogen and oxygen atoms in total. The summed E-state index contributed by atoms with van der Waals surface area (Å²) >= 11 is 5.93. The Morgan fingerprint density at radius 2 is 1.84 bits per heavy atom. The molecule has 0 saturated heterocycles. The molecule has 0 aliphatic rings. The fraction of sp³-hybridized carbons (Fsp3) is 0.467. The highest BCUT2D eigenvalue weighted by Crippen LogP contribution is 2.19. The van der Waals surface area contributed by atoms with Gasteiger partial charge < -0.3 is 4.57 Å². The van der Waals surface area contributed by atoms with Crippen LogP contribution in [0.15, 0.2) is 18.2 Å². The fourth-order valence-corrected chi connectivity index (χ4v) is 2.51. The van der Waals surface area contributed by atoms with Gasteiger partial charge in [0, 0.05) is 12.5 Å². The second-order valence-corrected chi connectivity index (χ2v) is 5.50. The summed E-state index contributed by atoms with van der Waals surface area (Å²) in [6, 6.07) is 6.83. The Balaban J connectivity index is 2.38. The summed E-state index contributed by atoms with van der Waals surface area (Å²) in [5.74, 6) is 2.23. The molecule has 0 unspecified atom stereocenters. The van der Waals surface area contributed by atoms with Crippen LogP contribution in [-0.2, 0) is 12.3 Å². The third-order valence-corrected chi connectivity index (χ3v) is 3.57. The molecule has 0 N–H and O–H groups in total. The van der Waals surface area contributed by atoms with Crippen LogP contribution < -0.4 is 0 Å². The molecule has 0 saturated carbocycles. The molecule has 102 valence electrons. The summed E-state index contributed by atoms with van der Waals surface area (Å²) < 4.78 is 2.13. The molecule has 0 aliphatic heterocycles. The van der Waals surface area contributed by atoms with E-state index in [1.165, 1.54) is 16.7 Å². The van der Waals surface area contributed by atoms with Crippen molar-refractivity contribution in [2.75, 3.05) is 0 Å². The summed E-state index contributed by atoms with van der Waals surface area (Å²) in [6.07, 6.45) is 0.801. The van der Waals surface area contributed by atoms with Crippen molar-refractivity contribution in [1.29, 1.82) is 0 Å². The lowest BCUT2D eigenvalue weighted by molar-refractivity contribution is 0.557. The summed E-state index contributed by atoms with van der Waals surface area (Å²) in [5.41, 5.74) is 3.86. The first kappa shape index (κ1) is 14.1. The second kappa shape index (κ2) is 5.74. The van der Waals surface area contributed by atoms with Gasteiger partial charge in [-0.1, -0.05) is 23.8 Å². The van der Waals surface area contributed by atoms with E-state index >= 15 is 0 Å². The van der Waals surface area contributed by atoms with E-state index in [9.17, 15) is 0 Å². The maximum absolute atomic E-state index is 5.93. The van der Waals surface area contributed by atoms with E-state index in [4.69, 9.17) is 11.6 Å². The quantitative estimate of drug-likeness (QED) is 0.796. The van der Waals surface area contributed by atoms with Crippen LogP contribution in [0.5, 0.6) is 0 Å². The zero-order chi connectivity index (χ0) is 14.0. The lowest BCUT2D eigenvalue weighted by atomic mass is 10.0. The number of halogens is 1. The van der Waals surface area contributed by atoms with Crippen LogP contribution >= 0.6 is 11.6 Å². The highest BCUT2D eigenvalue weighted by atomic mass is 35.5. The monoisotopic (exact) mass is 277 g/mol. The van der Waals surface area contributed by atoms with Gasteiger partial charge in [0.1, 0.15) is 11.6 Å². The van der Waals surface area contributed by atoms with Crippen molar-refractivity contribution in [1.82, 2.24) is 14.8 Å². The highest BCUT2D eigenvalue weighted by Gasteiger charge is 2.15. The SMILES string of the molecule is Cc1ccc(C)c(Cc2nnc(CCl)n2C(C)C)c1. The third kappa shape index (κ3) is 2.98. The number of rotatable bonds is 4. The van der Waals surface area contributed by atoms with Gasteiger partial charge in [-0.2, -0.15) is 0 Å². The first-order valence-corrected chi connectivity index (χ1v) is 7.11. The number of aryl methyl sites for hydroxylation is 2. The average Bonchev–Trinajstić information content (AvgIpc) is 2.77. The van der Waals surface area contributed by atoms with Crippen LogP contribution in [0.1, 0.15) is 48.2 Å². The number of hydrogen-bond donors (Lipinski definition) is 0. The Hall–Kier alpha value is -1.35. The van der Waals surface area contributed by atoms with E-state index in [0.29, 0.717) is 11.9 Å². The molecule has 4 heteroatoms. The topological polar surface area (TPSA) is 30.7 Å². The molecule has 2 aromatic rings.